The molecule has 5 heteroatoms. The molecule has 0 aromatic heterocycles. The third kappa shape index (κ3) is 5.61. The molecule has 0 N–H and O–H groups in total. The highest BCUT2D eigenvalue weighted by atomic mass is 35.5. The standard InChI is InChI=1S/C12H17ClF2OSi/c1-17(2,3)16-11(12(13,14)15)9-10-7-5-4-6-8-10/h4-8,11H,9H2,1-3H3. The first-order valence-electron chi connectivity index (χ1n) is 5.47. The van der Waals surface area contributed by atoms with Gasteiger partial charge < -0.3 is 4.43 Å². The van der Waals surface area contributed by atoms with E-state index in [1.165, 1.54) is 0 Å². The normalized spacial score (nSPS) is 14.7. The topological polar surface area (TPSA) is 9.23 Å². The van der Waals surface area contributed by atoms with Crippen LogP contribution in [0.1, 0.15) is 5.56 Å². The van der Waals surface area contributed by atoms with Crippen molar-refractivity contribution in [2.75, 3.05) is 0 Å². The van der Waals surface area contributed by atoms with Crippen LogP contribution in [0.5, 0.6) is 0 Å². The highest BCUT2D eigenvalue weighted by molar-refractivity contribution is 6.69. The van der Waals surface area contributed by atoms with E-state index in [2.05, 4.69) is 0 Å². The molecule has 0 fully saturated rings. The lowest BCUT2D eigenvalue weighted by atomic mass is 10.1. The van der Waals surface area contributed by atoms with Gasteiger partial charge in [-0.3, -0.25) is 0 Å². The highest BCUT2D eigenvalue weighted by Gasteiger charge is 2.40. The first-order chi connectivity index (χ1) is 7.68. The molecule has 17 heavy (non-hydrogen) atoms. The number of benzene rings is 1. The smallest absolute Gasteiger partial charge is 0.346 e. The maximum atomic E-state index is 13.3. The van der Waals surface area contributed by atoms with Crippen molar-refractivity contribution in [2.45, 2.75) is 37.5 Å². The lowest BCUT2D eigenvalue weighted by Crippen LogP contribution is -2.41. The summed E-state index contributed by atoms with van der Waals surface area (Å²) in [5.74, 6) is 0. The molecule has 0 spiro atoms. The molecule has 1 rings (SSSR count). The molecule has 1 atom stereocenters. The summed E-state index contributed by atoms with van der Waals surface area (Å²) in [7, 11) is -2.05. The molecule has 0 bridgehead atoms. The molecule has 0 heterocycles. The summed E-state index contributed by atoms with van der Waals surface area (Å²) in [5, 5.41) is -3.34. The number of halogens is 3. The molecule has 0 saturated heterocycles. The summed E-state index contributed by atoms with van der Waals surface area (Å²) in [5.41, 5.74) is 0.802. The summed E-state index contributed by atoms with van der Waals surface area (Å²) in [6.45, 7) is 5.61. The van der Waals surface area contributed by atoms with Gasteiger partial charge in [0.25, 0.3) is 0 Å². The molecule has 0 radical (unpaired) electrons. The average Bonchev–Trinajstić information content (AvgIpc) is 2.15. The van der Waals surface area contributed by atoms with E-state index in [9.17, 15) is 8.78 Å². The van der Waals surface area contributed by atoms with Gasteiger partial charge in [-0.1, -0.05) is 30.3 Å². The third-order valence-electron chi connectivity index (χ3n) is 2.12. The number of hydrogen-bond donors (Lipinski definition) is 0. The predicted octanol–water partition coefficient (Wildman–Crippen LogP) is 4.28. The van der Waals surface area contributed by atoms with Crippen LogP contribution in [-0.2, 0) is 10.8 Å². The van der Waals surface area contributed by atoms with Crippen LogP contribution in [0.15, 0.2) is 30.3 Å². The fraction of sp³-hybridized carbons (Fsp3) is 0.500. The zero-order chi connectivity index (χ0) is 13.1. The Labute approximate surface area is 107 Å². The summed E-state index contributed by atoms with van der Waals surface area (Å²) in [6.07, 6.45) is -1.14. The van der Waals surface area contributed by atoms with E-state index in [-0.39, 0.29) is 6.42 Å². The maximum Gasteiger partial charge on any atom is 0.346 e. The van der Waals surface area contributed by atoms with Gasteiger partial charge in [-0.25, -0.2) is 0 Å². The van der Waals surface area contributed by atoms with Gasteiger partial charge in [0.2, 0.25) is 0 Å². The minimum atomic E-state index is -3.34. The lowest BCUT2D eigenvalue weighted by molar-refractivity contribution is -0.0295. The predicted molar refractivity (Wildman–Crippen MR) is 69.2 cm³/mol. The van der Waals surface area contributed by atoms with E-state index in [4.69, 9.17) is 16.0 Å². The highest BCUT2D eigenvalue weighted by Crippen LogP contribution is 2.30. The van der Waals surface area contributed by atoms with E-state index in [0.717, 1.165) is 5.56 Å². The van der Waals surface area contributed by atoms with Crippen LogP contribution < -0.4 is 0 Å². The molecular formula is C12H17ClF2OSi. The first kappa shape index (κ1) is 14.6. The van der Waals surface area contributed by atoms with Gasteiger partial charge in [0.1, 0.15) is 6.10 Å². The van der Waals surface area contributed by atoms with Crippen molar-refractivity contribution in [3.05, 3.63) is 35.9 Å². The zero-order valence-electron chi connectivity index (χ0n) is 10.2. The van der Waals surface area contributed by atoms with Crippen LogP contribution in [0, 0.1) is 0 Å². The van der Waals surface area contributed by atoms with Gasteiger partial charge in [-0.2, -0.15) is 8.78 Å². The Morgan fingerprint density at radius 3 is 2.18 bits per heavy atom. The van der Waals surface area contributed by atoms with Crippen LogP contribution >= 0.6 is 11.6 Å². The van der Waals surface area contributed by atoms with E-state index < -0.39 is 19.8 Å². The fourth-order valence-corrected chi connectivity index (χ4v) is 2.76. The molecule has 1 unspecified atom stereocenters. The van der Waals surface area contributed by atoms with Crippen molar-refractivity contribution < 1.29 is 13.2 Å². The SMILES string of the molecule is C[Si](C)(C)OC(Cc1ccccc1)C(F)(F)Cl. The molecule has 1 nitrogen and oxygen atoms in total. The second-order valence-electron chi connectivity index (χ2n) is 4.95. The minimum Gasteiger partial charge on any atom is -0.407 e. The second-order valence-corrected chi connectivity index (χ2v) is 9.91. The molecule has 1 aromatic carbocycles. The number of hydrogen-bond acceptors (Lipinski definition) is 1. The van der Waals surface area contributed by atoms with Gasteiger partial charge in [-0.05, 0) is 36.8 Å². The maximum absolute atomic E-state index is 13.3. The average molecular weight is 279 g/mol. The van der Waals surface area contributed by atoms with E-state index >= 15 is 0 Å². The Hall–Kier alpha value is -0.453. The first-order valence-corrected chi connectivity index (χ1v) is 9.25. The Morgan fingerprint density at radius 1 is 1.24 bits per heavy atom. The largest absolute Gasteiger partial charge is 0.407 e. The number of alkyl halides is 3. The van der Waals surface area contributed by atoms with E-state index in [0.29, 0.717) is 0 Å². The Bertz CT molecular complexity index is 346. The van der Waals surface area contributed by atoms with Crippen LogP contribution in [-0.4, -0.2) is 19.8 Å². The summed E-state index contributed by atoms with van der Waals surface area (Å²) in [6, 6.07) is 9.06. The van der Waals surface area contributed by atoms with Gasteiger partial charge >= 0.3 is 5.38 Å². The molecule has 0 aliphatic carbocycles. The van der Waals surface area contributed by atoms with Gasteiger partial charge in [-0.15, -0.1) is 0 Å². The van der Waals surface area contributed by atoms with Crippen molar-refractivity contribution in [2.24, 2.45) is 0 Å². The van der Waals surface area contributed by atoms with Crippen LogP contribution in [0.4, 0.5) is 8.78 Å². The van der Waals surface area contributed by atoms with Crippen molar-refractivity contribution in [3.63, 3.8) is 0 Å². The van der Waals surface area contributed by atoms with Crippen LogP contribution in [0.25, 0.3) is 0 Å². The summed E-state index contributed by atoms with van der Waals surface area (Å²) >= 11 is 5.12. The Kier molecular flexibility index (Phi) is 4.69. The lowest BCUT2D eigenvalue weighted by Gasteiger charge is -2.29. The Balaban J connectivity index is 2.79. The molecule has 1 aromatic rings. The van der Waals surface area contributed by atoms with Crippen molar-refractivity contribution >= 4 is 19.9 Å². The minimum absolute atomic E-state index is 0.127. The van der Waals surface area contributed by atoms with Crippen molar-refractivity contribution in [1.29, 1.82) is 0 Å². The molecule has 96 valence electrons. The van der Waals surface area contributed by atoms with Crippen LogP contribution in [0.3, 0.4) is 0 Å². The Morgan fingerprint density at radius 2 is 1.76 bits per heavy atom. The quantitative estimate of drug-likeness (QED) is 0.577. The third-order valence-corrected chi connectivity index (χ3v) is 3.36. The molecule has 0 saturated carbocycles. The monoisotopic (exact) mass is 278 g/mol. The van der Waals surface area contributed by atoms with Crippen molar-refractivity contribution in [1.82, 2.24) is 0 Å². The summed E-state index contributed by atoms with van der Waals surface area (Å²) in [4.78, 5) is 0. The van der Waals surface area contributed by atoms with E-state index in [1.54, 1.807) is 12.1 Å². The molecule has 0 aliphatic rings. The molecule has 0 aliphatic heterocycles. The molecule has 0 amide bonds. The van der Waals surface area contributed by atoms with Gasteiger partial charge in [0.05, 0.1) is 0 Å². The zero-order valence-corrected chi connectivity index (χ0v) is 12.0. The van der Waals surface area contributed by atoms with Gasteiger partial charge in [0, 0.05) is 6.42 Å². The number of rotatable bonds is 5. The van der Waals surface area contributed by atoms with Crippen LogP contribution in [0.2, 0.25) is 19.6 Å². The second kappa shape index (κ2) is 5.46. The fourth-order valence-electron chi connectivity index (χ4n) is 1.48. The van der Waals surface area contributed by atoms with Gasteiger partial charge in [0.15, 0.2) is 8.32 Å². The van der Waals surface area contributed by atoms with E-state index in [1.807, 2.05) is 37.8 Å². The van der Waals surface area contributed by atoms with Crippen molar-refractivity contribution in [3.8, 4) is 0 Å². The molecular weight excluding hydrogens is 262 g/mol. The summed E-state index contributed by atoms with van der Waals surface area (Å²) < 4.78 is 32.0.